The van der Waals surface area contributed by atoms with E-state index in [1.54, 1.807) is 0 Å². The number of rotatable bonds is 4. The second kappa shape index (κ2) is 10.1. The molecule has 0 N–H and O–H groups in total. The maximum absolute atomic E-state index is 6.52. The van der Waals surface area contributed by atoms with Crippen molar-refractivity contribution in [2.75, 3.05) is 0 Å². The Balaban J connectivity index is 1.13. The average molecular weight is 592 g/mol. The summed E-state index contributed by atoms with van der Waals surface area (Å²) in [6.45, 7) is 4.64. The van der Waals surface area contributed by atoms with E-state index in [4.69, 9.17) is 19.4 Å². The van der Waals surface area contributed by atoms with E-state index in [1.807, 2.05) is 66.7 Å². The molecule has 0 atom stereocenters. The van der Waals surface area contributed by atoms with Crippen LogP contribution in [-0.2, 0) is 5.41 Å². The van der Waals surface area contributed by atoms with Crippen molar-refractivity contribution in [2.45, 2.75) is 19.3 Å². The van der Waals surface area contributed by atoms with Crippen molar-refractivity contribution in [1.29, 1.82) is 0 Å². The quantitative estimate of drug-likeness (QED) is 0.204. The number of benzene rings is 6. The third kappa shape index (κ3) is 4.18. The highest BCUT2D eigenvalue weighted by Gasteiger charge is 2.35. The first-order valence-corrected chi connectivity index (χ1v) is 15.6. The zero-order valence-electron chi connectivity index (χ0n) is 25.5. The van der Waals surface area contributed by atoms with Crippen molar-refractivity contribution in [3.8, 4) is 56.4 Å². The number of hydrogen-bond donors (Lipinski definition) is 0. The minimum atomic E-state index is -0.0441. The Kier molecular flexibility index (Phi) is 5.81. The molecule has 1 aliphatic rings. The molecular weight excluding hydrogens is 562 g/mol. The Morgan fingerprint density at radius 2 is 0.891 bits per heavy atom. The van der Waals surface area contributed by atoms with Gasteiger partial charge >= 0.3 is 0 Å². The summed E-state index contributed by atoms with van der Waals surface area (Å²) in [6.07, 6.45) is 0. The highest BCUT2D eigenvalue weighted by Crippen LogP contribution is 2.49. The van der Waals surface area contributed by atoms with E-state index in [2.05, 4.69) is 86.6 Å². The van der Waals surface area contributed by atoms with Crippen LogP contribution in [0.15, 0.2) is 144 Å². The smallest absolute Gasteiger partial charge is 0.164 e. The summed E-state index contributed by atoms with van der Waals surface area (Å²) in [4.78, 5) is 14.6. The fourth-order valence-corrected chi connectivity index (χ4v) is 6.92. The number of nitrogens with zero attached hydrogens (tertiary/aromatic N) is 3. The number of fused-ring (bicyclic) bond motifs is 6. The summed E-state index contributed by atoms with van der Waals surface area (Å²) in [5, 5.41) is 2.15. The van der Waals surface area contributed by atoms with E-state index in [0.29, 0.717) is 17.5 Å². The lowest BCUT2D eigenvalue weighted by atomic mass is 9.81. The molecule has 0 aliphatic heterocycles. The Labute approximate surface area is 267 Å². The van der Waals surface area contributed by atoms with Gasteiger partial charge in [-0.1, -0.05) is 123 Å². The molecule has 2 aromatic heterocycles. The van der Waals surface area contributed by atoms with Crippen molar-refractivity contribution >= 4 is 21.9 Å². The minimum absolute atomic E-state index is 0.0441. The van der Waals surface area contributed by atoms with Crippen molar-refractivity contribution in [1.82, 2.24) is 15.0 Å². The molecule has 0 radical (unpaired) electrons. The minimum Gasteiger partial charge on any atom is -0.456 e. The lowest BCUT2D eigenvalue weighted by molar-refractivity contribution is 0.660. The van der Waals surface area contributed by atoms with Crippen molar-refractivity contribution in [2.24, 2.45) is 0 Å². The van der Waals surface area contributed by atoms with Crippen LogP contribution >= 0.6 is 0 Å². The molecule has 46 heavy (non-hydrogen) atoms. The zero-order valence-corrected chi connectivity index (χ0v) is 25.5. The Hall–Kier alpha value is -5.87. The summed E-state index contributed by atoms with van der Waals surface area (Å²) in [5.74, 6) is 1.89. The normalized spacial score (nSPS) is 13.2. The van der Waals surface area contributed by atoms with Crippen molar-refractivity contribution in [3.63, 3.8) is 0 Å². The van der Waals surface area contributed by atoms with Gasteiger partial charge in [0.1, 0.15) is 11.2 Å². The predicted molar refractivity (Wildman–Crippen MR) is 186 cm³/mol. The first-order valence-electron chi connectivity index (χ1n) is 15.6. The van der Waals surface area contributed by atoms with E-state index in [-0.39, 0.29) is 5.41 Å². The molecule has 0 saturated heterocycles. The van der Waals surface area contributed by atoms with Gasteiger partial charge in [0.15, 0.2) is 17.5 Å². The van der Waals surface area contributed by atoms with Gasteiger partial charge in [0.2, 0.25) is 0 Å². The first-order chi connectivity index (χ1) is 22.5. The fraction of sp³-hybridized carbons (Fsp3) is 0.0714. The second-order valence-electron chi connectivity index (χ2n) is 12.5. The first kappa shape index (κ1) is 26.5. The van der Waals surface area contributed by atoms with Crippen LogP contribution in [0.2, 0.25) is 0 Å². The number of furan rings is 1. The highest BCUT2D eigenvalue weighted by atomic mass is 16.3. The Bertz CT molecular complexity index is 2380. The summed E-state index contributed by atoms with van der Waals surface area (Å²) in [5.41, 5.74) is 12.1. The molecule has 4 nitrogen and oxygen atoms in total. The van der Waals surface area contributed by atoms with Gasteiger partial charge in [0.05, 0.1) is 0 Å². The third-order valence-corrected chi connectivity index (χ3v) is 9.35. The molecule has 2 heterocycles. The summed E-state index contributed by atoms with van der Waals surface area (Å²) < 4.78 is 6.52. The number of hydrogen-bond acceptors (Lipinski definition) is 4. The van der Waals surface area contributed by atoms with Gasteiger partial charge in [-0.05, 0) is 63.7 Å². The molecule has 6 aromatic carbocycles. The largest absolute Gasteiger partial charge is 0.456 e. The molecule has 9 rings (SSSR count). The molecule has 0 bridgehead atoms. The van der Waals surface area contributed by atoms with E-state index in [0.717, 1.165) is 44.2 Å². The predicted octanol–water partition coefficient (Wildman–Crippen LogP) is 10.7. The highest BCUT2D eigenvalue weighted by molar-refractivity contribution is 6.07. The molecule has 4 heteroatoms. The fourth-order valence-electron chi connectivity index (χ4n) is 6.92. The molecule has 0 unspecified atom stereocenters. The molecule has 0 saturated carbocycles. The van der Waals surface area contributed by atoms with Crippen LogP contribution in [0, 0.1) is 0 Å². The van der Waals surface area contributed by atoms with E-state index in [1.165, 1.54) is 27.8 Å². The standard InChI is InChI=1S/C42H29N3O/c1-42(2)35-16-10-9-15-31(35)32-20-17-28(23-36(32)42)29-18-21-33-34-22-19-30(25-38(34)46-37(33)24-29)41-44-39(26-11-5-3-6-12-26)43-40(45-41)27-13-7-4-8-14-27/h3-25H,1-2H3. The zero-order chi connectivity index (χ0) is 30.8. The van der Waals surface area contributed by atoms with Crippen LogP contribution in [0.4, 0.5) is 0 Å². The second-order valence-corrected chi connectivity index (χ2v) is 12.5. The monoisotopic (exact) mass is 591 g/mol. The summed E-state index contributed by atoms with van der Waals surface area (Å²) in [6, 6.07) is 48.5. The average Bonchev–Trinajstić information content (AvgIpc) is 3.59. The summed E-state index contributed by atoms with van der Waals surface area (Å²) in [7, 11) is 0. The van der Waals surface area contributed by atoms with E-state index >= 15 is 0 Å². The topological polar surface area (TPSA) is 51.8 Å². The van der Waals surface area contributed by atoms with Crippen molar-refractivity contribution in [3.05, 3.63) is 151 Å². The number of aromatic nitrogens is 3. The maximum Gasteiger partial charge on any atom is 0.164 e. The molecule has 1 aliphatic carbocycles. The molecule has 8 aromatic rings. The van der Waals surface area contributed by atoms with E-state index in [9.17, 15) is 0 Å². The van der Waals surface area contributed by atoms with Gasteiger partial charge in [-0.3, -0.25) is 0 Å². The van der Waals surface area contributed by atoms with Crippen LogP contribution in [0.5, 0.6) is 0 Å². The maximum atomic E-state index is 6.52. The van der Waals surface area contributed by atoms with Crippen molar-refractivity contribution < 1.29 is 4.42 Å². The van der Waals surface area contributed by atoms with Crippen LogP contribution in [0.3, 0.4) is 0 Å². The lowest BCUT2D eigenvalue weighted by Crippen LogP contribution is -2.14. The molecule has 0 fully saturated rings. The summed E-state index contributed by atoms with van der Waals surface area (Å²) >= 11 is 0. The molecule has 0 amide bonds. The van der Waals surface area contributed by atoms with Gasteiger partial charge < -0.3 is 4.42 Å². The van der Waals surface area contributed by atoms with Crippen LogP contribution in [0.25, 0.3) is 78.4 Å². The van der Waals surface area contributed by atoms with Gasteiger partial charge in [0.25, 0.3) is 0 Å². The van der Waals surface area contributed by atoms with Gasteiger partial charge in [-0.25, -0.2) is 15.0 Å². The van der Waals surface area contributed by atoms with Gasteiger partial charge in [0, 0.05) is 32.9 Å². The van der Waals surface area contributed by atoms with Crippen LogP contribution < -0.4 is 0 Å². The molecule has 218 valence electrons. The molecular formula is C42H29N3O. The van der Waals surface area contributed by atoms with E-state index < -0.39 is 0 Å². The third-order valence-electron chi connectivity index (χ3n) is 9.35. The lowest BCUT2D eigenvalue weighted by Gasteiger charge is -2.22. The van der Waals surface area contributed by atoms with Gasteiger partial charge in [-0.15, -0.1) is 0 Å². The van der Waals surface area contributed by atoms with Crippen LogP contribution in [-0.4, -0.2) is 15.0 Å². The Morgan fingerprint density at radius 3 is 1.54 bits per heavy atom. The van der Waals surface area contributed by atoms with Crippen LogP contribution in [0.1, 0.15) is 25.0 Å². The Morgan fingerprint density at radius 1 is 0.413 bits per heavy atom. The SMILES string of the molecule is CC1(C)c2ccccc2-c2ccc(-c3ccc4c(c3)oc3cc(-c5nc(-c6ccccc6)nc(-c6ccccc6)n5)ccc34)cc21. The molecule has 0 spiro atoms. The van der Waals surface area contributed by atoms with Gasteiger partial charge in [-0.2, -0.15) is 0 Å².